The molecule has 0 heterocycles. The van der Waals surface area contributed by atoms with Crippen molar-refractivity contribution in [3.05, 3.63) is 41.5 Å². The molecule has 5 heteroatoms. The number of fused-ring (bicyclic) bond motifs is 1. The van der Waals surface area contributed by atoms with Gasteiger partial charge in [-0.15, -0.1) is 0 Å². The van der Waals surface area contributed by atoms with Crippen molar-refractivity contribution in [3.63, 3.8) is 0 Å². The van der Waals surface area contributed by atoms with Gasteiger partial charge in [-0.05, 0) is 38.6 Å². The first-order valence-electron chi connectivity index (χ1n) is 9.38. The molecular weight excluding hydrogens is 354 g/mol. The maximum absolute atomic E-state index is 12.9. The van der Waals surface area contributed by atoms with Gasteiger partial charge in [0.1, 0.15) is 17.1 Å². The van der Waals surface area contributed by atoms with Crippen LogP contribution < -0.4 is 10.1 Å². The molecule has 0 bridgehead atoms. The van der Waals surface area contributed by atoms with Crippen molar-refractivity contribution in [3.8, 4) is 5.75 Å². The lowest BCUT2D eigenvalue weighted by Gasteiger charge is -2.31. The molecule has 2 aromatic carbocycles. The second-order valence-corrected chi connectivity index (χ2v) is 8.58. The molecule has 0 aliphatic heterocycles. The number of nitrogens with one attached hydrogen (secondary N) is 1. The van der Waals surface area contributed by atoms with Gasteiger partial charge in [0.15, 0.2) is 0 Å². The summed E-state index contributed by atoms with van der Waals surface area (Å²) in [6.07, 6.45) is 0.325. The van der Waals surface area contributed by atoms with E-state index in [9.17, 15) is 14.4 Å². The van der Waals surface area contributed by atoms with Crippen LogP contribution in [0.3, 0.4) is 0 Å². The van der Waals surface area contributed by atoms with Gasteiger partial charge in [-0.2, -0.15) is 0 Å². The van der Waals surface area contributed by atoms with Crippen LogP contribution in [0.5, 0.6) is 5.75 Å². The highest BCUT2D eigenvalue weighted by molar-refractivity contribution is 5.95. The SMILES string of the molecule is CC(=O)CC(C)(C)c1c(C)cc2ccccc2c1OC(=O)C(C)(C)NC(C)=O. The highest BCUT2D eigenvalue weighted by Gasteiger charge is 2.35. The molecule has 1 amide bonds. The van der Waals surface area contributed by atoms with Crippen LogP contribution in [0.25, 0.3) is 10.8 Å². The van der Waals surface area contributed by atoms with Crippen LogP contribution in [0.2, 0.25) is 0 Å². The van der Waals surface area contributed by atoms with Crippen molar-refractivity contribution in [2.24, 2.45) is 0 Å². The van der Waals surface area contributed by atoms with Crippen molar-refractivity contribution < 1.29 is 19.1 Å². The number of hydrogen-bond donors (Lipinski definition) is 1. The topological polar surface area (TPSA) is 72.5 Å². The van der Waals surface area contributed by atoms with Crippen molar-refractivity contribution in [1.29, 1.82) is 0 Å². The summed E-state index contributed by atoms with van der Waals surface area (Å²) in [7, 11) is 0. The number of amides is 1. The summed E-state index contributed by atoms with van der Waals surface area (Å²) in [4.78, 5) is 36.3. The highest BCUT2D eigenvalue weighted by atomic mass is 16.5. The normalized spacial score (nSPS) is 12.0. The monoisotopic (exact) mass is 383 g/mol. The number of ketones is 1. The lowest BCUT2D eigenvalue weighted by atomic mass is 9.76. The van der Waals surface area contributed by atoms with Gasteiger partial charge >= 0.3 is 5.97 Å². The number of benzene rings is 2. The summed E-state index contributed by atoms with van der Waals surface area (Å²) in [5, 5.41) is 4.37. The van der Waals surface area contributed by atoms with Gasteiger partial charge in [-0.3, -0.25) is 9.59 Å². The fourth-order valence-electron chi connectivity index (χ4n) is 3.82. The van der Waals surface area contributed by atoms with Gasteiger partial charge < -0.3 is 10.1 Å². The van der Waals surface area contributed by atoms with Gasteiger partial charge in [0, 0.05) is 29.7 Å². The van der Waals surface area contributed by atoms with Gasteiger partial charge in [0.05, 0.1) is 0 Å². The van der Waals surface area contributed by atoms with E-state index in [0.29, 0.717) is 12.2 Å². The Kier molecular flexibility index (Phi) is 5.97. The molecule has 5 nitrogen and oxygen atoms in total. The summed E-state index contributed by atoms with van der Waals surface area (Å²) in [5.41, 5.74) is 0.0743. The molecular formula is C23H29NO4. The molecule has 150 valence electrons. The molecule has 0 aliphatic carbocycles. The summed E-state index contributed by atoms with van der Waals surface area (Å²) >= 11 is 0. The van der Waals surface area contributed by atoms with Crippen LogP contribution in [0, 0.1) is 6.92 Å². The van der Waals surface area contributed by atoms with E-state index in [1.54, 1.807) is 20.8 Å². The van der Waals surface area contributed by atoms with Crippen molar-refractivity contribution >= 4 is 28.4 Å². The number of esters is 1. The Bertz CT molecular complexity index is 941. The Morgan fingerprint density at radius 2 is 1.64 bits per heavy atom. The average Bonchev–Trinajstić information content (AvgIpc) is 2.51. The standard InChI is InChI=1S/C23H29NO4/c1-14-12-17-10-8-9-11-18(17)20(19(14)22(4,5)13-15(2)25)28-21(27)23(6,7)24-16(3)26/h8-12H,13H2,1-7H3,(H,24,26). The molecule has 28 heavy (non-hydrogen) atoms. The van der Waals surface area contributed by atoms with E-state index in [0.717, 1.165) is 21.9 Å². The van der Waals surface area contributed by atoms with Crippen LogP contribution in [0.15, 0.2) is 30.3 Å². The van der Waals surface area contributed by atoms with Crippen LogP contribution in [0.4, 0.5) is 0 Å². The largest absolute Gasteiger partial charge is 0.424 e. The van der Waals surface area contributed by atoms with E-state index in [-0.39, 0.29) is 11.7 Å². The number of ether oxygens (including phenoxy) is 1. The molecule has 2 aromatic rings. The first kappa shape index (κ1) is 21.6. The minimum Gasteiger partial charge on any atom is -0.424 e. The quantitative estimate of drug-likeness (QED) is 0.599. The predicted octanol–water partition coefficient (Wildman–Crippen LogP) is 4.23. The summed E-state index contributed by atoms with van der Waals surface area (Å²) in [5.74, 6) is -0.356. The number of Topliss-reactive ketones (excluding diaryl/α,β-unsaturated/α-hetero) is 1. The van der Waals surface area contributed by atoms with Gasteiger partial charge in [-0.1, -0.05) is 44.2 Å². The van der Waals surface area contributed by atoms with E-state index >= 15 is 0 Å². The van der Waals surface area contributed by atoms with Gasteiger partial charge in [-0.25, -0.2) is 4.79 Å². The number of rotatable bonds is 6. The summed E-state index contributed by atoms with van der Waals surface area (Å²) in [6.45, 7) is 12.0. The van der Waals surface area contributed by atoms with Crippen molar-refractivity contribution in [2.75, 3.05) is 0 Å². The lowest BCUT2D eigenvalue weighted by molar-refractivity contribution is -0.143. The number of hydrogen-bond acceptors (Lipinski definition) is 4. The third-order valence-corrected chi connectivity index (χ3v) is 4.76. The van der Waals surface area contributed by atoms with Crippen LogP contribution in [-0.2, 0) is 19.8 Å². The molecule has 0 aliphatic rings. The van der Waals surface area contributed by atoms with E-state index in [1.807, 2.05) is 51.1 Å². The minimum absolute atomic E-state index is 0.0633. The maximum atomic E-state index is 12.9. The highest BCUT2D eigenvalue weighted by Crippen LogP contribution is 2.42. The van der Waals surface area contributed by atoms with Crippen molar-refractivity contribution in [2.45, 2.75) is 65.8 Å². The third kappa shape index (κ3) is 4.58. The summed E-state index contributed by atoms with van der Waals surface area (Å²) in [6, 6.07) is 9.71. The zero-order valence-electron chi connectivity index (χ0n) is 17.7. The van der Waals surface area contributed by atoms with Gasteiger partial charge in [0.2, 0.25) is 5.91 Å². The molecule has 0 fully saturated rings. The Morgan fingerprint density at radius 1 is 1.04 bits per heavy atom. The minimum atomic E-state index is -1.18. The molecule has 0 saturated heterocycles. The molecule has 0 aromatic heterocycles. The van der Waals surface area contributed by atoms with E-state index < -0.39 is 16.9 Å². The molecule has 0 radical (unpaired) electrons. The second kappa shape index (κ2) is 7.74. The first-order chi connectivity index (χ1) is 12.8. The smallest absolute Gasteiger partial charge is 0.336 e. The fourth-order valence-corrected chi connectivity index (χ4v) is 3.82. The zero-order valence-corrected chi connectivity index (χ0v) is 17.7. The molecule has 0 unspecified atom stereocenters. The Morgan fingerprint density at radius 3 is 2.21 bits per heavy atom. The van der Waals surface area contributed by atoms with Crippen LogP contribution in [0.1, 0.15) is 59.1 Å². The lowest BCUT2D eigenvalue weighted by Crippen LogP contribution is -2.51. The molecule has 2 rings (SSSR count). The fraction of sp³-hybridized carbons (Fsp3) is 0.435. The number of aryl methyl sites for hydroxylation is 1. The number of carbonyl (C=O) groups is 3. The van der Waals surface area contributed by atoms with Crippen LogP contribution >= 0.6 is 0 Å². The van der Waals surface area contributed by atoms with E-state index in [4.69, 9.17) is 4.74 Å². The molecule has 0 saturated carbocycles. The number of carbonyl (C=O) groups excluding carboxylic acids is 3. The Labute approximate surface area is 166 Å². The maximum Gasteiger partial charge on any atom is 0.336 e. The van der Waals surface area contributed by atoms with Gasteiger partial charge in [0.25, 0.3) is 0 Å². The Balaban J connectivity index is 2.68. The van der Waals surface area contributed by atoms with Crippen molar-refractivity contribution in [1.82, 2.24) is 5.32 Å². The molecule has 1 N–H and O–H groups in total. The van der Waals surface area contributed by atoms with Crippen LogP contribution in [-0.4, -0.2) is 23.2 Å². The average molecular weight is 383 g/mol. The summed E-state index contributed by atoms with van der Waals surface area (Å²) < 4.78 is 5.91. The molecule has 0 atom stereocenters. The van der Waals surface area contributed by atoms with E-state index in [1.165, 1.54) is 6.92 Å². The predicted molar refractivity (Wildman–Crippen MR) is 111 cm³/mol. The molecule has 0 spiro atoms. The Hall–Kier alpha value is -2.69. The van der Waals surface area contributed by atoms with E-state index in [2.05, 4.69) is 5.32 Å². The zero-order chi connectivity index (χ0) is 21.3. The first-order valence-corrected chi connectivity index (χ1v) is 9.38. The second-order valence-electron chi connectivity index (χ2n) is 8.58. The third-order valence-electron chi connectivity index (χ3n) is 4.76.